The van der Waals surface area contributed by atoms with Crippen LogP contribution in [0.5, 0.6) is 0 Å². The van der Waals surface area contributed by atoms with Gasteiger partial charge in [0.25, 0.3) is 5.56 Å². The zero-order valence-corrected chi connectivity index (χ0v) is 11.2. The molecule has 0 spiro atoms. The van der Waals surface area contributed by atoms with Gasteiger partial charge in [-0.15, -0.1) is 0 Å². The highest BCUT2D eigenvalue weighted by Gasteiger charge is 2.03. The molecule has 2 N–H and O–H groups in total. The van der Waals surface area contributed by atoms with E-state index in [0.717, 1.165) is 23.7 Å². The van der Waals surface area contributed by atoms with Crippen LogP contribution in [0.2, 0.25) is 0 Å². The summed E-state index contributed by atoms with van der Waals surface area (Å²) >= 11 is 1.80. The number of likely N-dealkylation sites (N-methyl/N-ethyl adjacent to an activating group) is 1. The van der Waals surface area contributed by atoms with Gasteiger partial charge in [-0.1, -0.05) is 6.92 Å². The third-order valence-electron chi connectivity index (χ3n) is 2.41. The maximum atomic E-state index is 11.8. The van der Waals surface area contributed by atoms with Crippen LogP contribution in [0.3, 0.4) is 0 Å². The van der Waals surface area contributed by atoms with Gasteiger partial charge >= 0.3 is 0 Å². The predicted octanol–water partition coefficient (Wildman–Crippen LogP) is 0.391. The lowest BCUT2D eigenvalue weighted by Crippen LogP contribution is -2.29. The van der Waals surface area contributed by atoms with Crippen molar-refractivity contribution in [2.24, 2.45) is 5.73 Å². The Morgan fingerprint density at radius 1 is 1.59 bits per heavy atom. The molecular formula is C11H20N4OS. The summed E-state index contributed by atoms with van der Waals surface area (Å²) in [6.07, 6.45) is 1.72. The Hall–Kier alpha value is -1.01. The molecule has 0 saturated heterocycles. The first kappa shape index (κ1) is 14.1. The van der Waals surface area contributed by atoms with E-state index in [2.05, 4.69) is 12.0 Å². The number of hydrogen-bond donors (Lipinski definition) is 1. The molecule has 1 rings (SSSR count). The van der Waals surface area contributed by atoms with E-state index in [1.165, 1.54) is 4.68 Å². The van der Waals surface area contributed by atoms with Gasteiger partial charge < -0.3 is 10.6 Å². The first-order chi connectivity index (χ1) is 8.19. The molecule has 0 unspecified atom stereocenters. The Morgan fingerprint density at radius 2 is 2.35 bits per heavy atom. The van der Waals surface area contributed by atoms with Crippen LogP contribution in [0.15, 0.2) is 17.1 Å². The van der Waals surface area contributed by atoms with E-state index in [1.54, 1.807) is 24.0 Å². The fraction of sp³-hybridized carbons (Fsp3) is 0.636. The molecule has 0 aliphatic rings. The zero-order valence-electron chi connectivity index (χ0n) is 10.4. The van der Waals surface area contributed by atoms with E-state index in [4.69, 9.17) is 5.73 Å². The summed E-state index contributed by atoms with van der Waals surface area (Å²) < 4.78 is 1.50. The fourth-order valence-corrected chi connectivity index (χ4v) is 2.01. The van der Waals surface area contributed by atoms with Gasteiger partial charge in [0.05, 0.1) is 18.4 Å². The first-order valence-corrected chi connectivity index (χ1v) is 6.90. The molecule has 0 bridgehead atoms. The van der Waals surface area contributed by atoms with E-state index < -0.39 is 0 Å². The molecule has 0 aliphatic carbocycles. The van der Waals surface area contributed by atoms with E-state index in [1.807, 2.05) is 11.9 Å². The summed E-state index contributed by atoms with van der Waals surface area (Å²) in [6, 6.07) is 1.61. The van der Waals surface area contributed by atoms with Crippen molar-refractivity contribution in [1.82, 2.24) is 9.78 Å². The second-order valence-electron chi connectivity index (χ2n) is 3.68. The Bertz CT molecular complexity index is 393. The maximum Gasteiger partial charge on any atom is 0.268 e. The van der Waals surface area contributed by atoms with Crippen LogP contribution in [0.4, 0.5) is 5.69 Å². The van der Waals surface area contributed by atoms with Gasteiger partial charge in [0.15, 0.2) is 0 Å². The highest BCUT2D eigenvalue weighted by Crippen LogP contribution is 2.06. The molecule has 96 valence electrons. The second kappa shape index (κ2) is 7.34. The summed E-state index contributed by atoms with van der Waals surface area (Å²) in [4.78, 5) is 13.7. The number of hydrogen-bond acceptors (Lipinski definition) is 5. The molecule has 0 aromatic carbocycles. The summed E-state index contributed by atoms with van der Waals surface area (Å²) in [5, 5.41) is 4.16. The van der Waals surface area contributed by atoms with Crippen molar-refractivity contribution < 1.29 is 0 Å². The van der Waals surface area contributed by atoms with Crippen molar-refractivity contribution >= 4 is 17.4 Å². The van der Waals surface area contributed by atoms with Crippen molar-refractivity contribution in [1.29, 1.82) is 0 Å². The van der Waals surface area contributed by atoms with Crippen LogP contribution in [0.25, 0.3) is 0 Å². The lowest BCUT2D eigenvalue weighted by Gasteiger charge is -2.17. The highest BCUT2D eigenvalue weighted by molar-refractivity contribution is 7.99. The minimum atomic E-state index is -0.0527. The van der Waals surface area contributed by atoms with E-state index in [9.17, 15) is 4.79 Å². The van der Waals surface area contributed by atoms with Gasteiger partial charge in [0.2, 0.25) is 0 Å². The van der Waals surface area contributed by atoms with Gasteiger partial charge in [-0.05, 0) is 5.75 Å². The zero-order chi connectivity index (χ0) is 12.7. The smallest absolute Gasteiger partial charge is 0.268 e. The predicted molar refractivity (Wildman–Crippen MR) is 73.8 cm³/mol. The first-order valence-electron chi connectivity index (χ1n) is 5.75. The van der Waals surface area contributed by atoms with Crippen LogP contribution in [-0.2, 0) is 6.54 Å². The number of anilines is 1. The van der Waals surface area contributed by atoms with Gasteiger partial charge in [0.1, 0.15) is 0 Å². The monoisotopic (exact) mass is 256 g/mol. The van der Waals surface area contributed by atoms with Crippen LogP contribution >= 0.6 is 11.8 Å². The van der Waals surface area contributed by atoms with Crippen molar-refractivity contribution in [3.8, 4) is 0 Å². The second-order valence-corrected chi connectivity index (χ2v) is 5.08. The molecule has 0 radical (unpaired) electrons. The van der Waals surface area contributed by atoms with Crippen molar-refractivity contribution in [2.45, 2.75) is 13.5 Å². The van der Waals surface area contributed by atoms with Gasteiger partial charge in [-0.25, -0.2) is 4.68 Å². The molecule has 0 fully saturated rings. The Kier molecular flexibility index (Phi) is 6.07. The Morgan fingerprint density at radius 3 is 2.94 bits per heavy atom. The lowest BCUT2D eigenvalue weighted by molar-refractivity contribution is 0.620. The number of aryl methyl sites for hydroxylation is 1. The maximum absolute atomic E-state index is 11.8. The average Bonchev–Trinajstić information content (AvgIpc) is 2.31. The quantitative estimate of drug-likeness (QED) is 0.715. The molecular weight excluding hydrogens is 236 g/mol. The number of nitrogens with two attached hydrogens (primary N) is 1. The summed E-state index contributed by atoms with van der Waals surface area (Å²) in [5.74, 6) is 1.98. The van der Waals surface area contributed by atoms with Gasteiger partial charge in [-0.2, -0.15) is 16.9 Å². The van der Waals surface area contributed by atoms with E-state index in [-0.39, 0.29) is 5.56 Å². The molecule has 6 heteroatoms. The average molecular weight is 256 g/mol. The van der Waals surface area contributed by atoms with Crippen molar-refractivity contribution in [3.63, 3.8) is 0 Å². The van der Waals surface area contributed by atoms with Crippen molar-refractivity contribution in [2.75, 3.05) is 36.5 Å². The van der Waals surface area contributed by atoms with Crippen LogP contribution in [0, 0.1) is 0 Å². The Labute approximate surface area is 106 Å². The standard InChI is InChI=1S/C11H20N4OS/c1-3-17-7-6-15-11(16)8-10(9-13-15)14(2)5-4-12/h8-9H,3-7,12H2,1-2H3. The molecule has 0 atom stereocenters. The van der Waals surface area contributed by atoms with Crippen molar-refractivity contribution in [3.05, 3.63) is 22.6 Å². The molecule has 1 heterocycles. The minimum Gasteiger partial charge on any atom is -0.372 e. The lowest BCUT2D eigenvalue weighted by atomic mass is 10.4. The molecule has 5 nitrogen and oxygen atoms in total. The molecule has 1 aromatic rings. The van der Waals surface area contributed by atoms with E-state index in [0.29, 0.717) is 13.1 Å². The summed E-state index contributed by atoms with van der Waals surface area (Å²) in [7, 11) is 1.90. The van der Waals surface area contributed by atoms with Crippen LogP contribution in [0.1, 0.15) is 6.92 Å². The molecule has 17 heavy (non-hydrogen) atoms. The molecule has 0 aliphatic heterocycles. The SMILES string of the molecule is CCSCCn1ncc(N(C)CCN)cc1=O. The van der Waals surface area contributed by atoms with Crippen LogP contribution < -0.4 is 16.2 Å². The van der Waals surface area contributed by atoms with Gasteiger partial charge in [0, 0.05) is 32.0 Å². The number of rotatable bonds is 7. The topological polar surface area (TPSA) is 64.2 Å². The number of aromatic nitrogens is 2. The number of nitrogens with zero attached hydrogens (tertiary/aromatic N) is 3. The van der Waals surface area contributed by atoms with Crippen LogP contribution in [-0.4, -0.2) is 41.4 Å². The largest absolute Gasteiger partial charge is 0.372 e. The molecule has 0 amide bonds. The number of thioether (sulfide) groups is 1. The molecule has 1 aromatic heterocycles. The third kappa shape index (κ3) is 4.40. The van der Waals surface area contributed by atoms with E-state index >= 15 is 0 Å². The summed E-state index contributed by atoms with van der Waals surface area (Å²) in [6.45, 7) is 4.05. The third-order valence-corrected chi connectivity index (χ3v) is 3.29. The fourth-order valence-electron chi connectivity index (χ4n) is 1.42. The summed E-state index contributed by atoms with van der Waals surface area (Å²) in [5.41, 5.74) is 6.23. The Balaban J connectivity index is 2.69. The minimum absolute atomic E-state index is 0.0527. The highest BCUT2D eigenvalue weighted by atomic mass is 32.2. The molecule has 0 saturated carbocycles. The van der Waals surface area contributed by atoms with Gasteiger partial charge in [-0.3, -0.25) is 4.79 Å². The normalized spacial score (nSPS) is 10.5.